The second kappa shape index (κ2) is 9.56. The van der Waals surface area contributed by atoms with E-state index in [4.69, 9.17) is 0 Å². The summed E-state index contributed by atoms with van der Waals surface area (Å²) >= 11 is 0. The van der Waals surface area contributed by atoms with Crippen molar-refractivity contribution < 1.29 is 14.5 Å². The molecule has 1 heterocycles. The minimum Gasteiger partial charge on any atom is -0.357 e. The summed E-state index contributed by atoms with van der Waals surface area (Å²) in [6.45, 7) is 7.97. The lowest BCUT2D eigenvalue weighted by atomic mass is 9.77. The van der Waals surface area contributed by atoms with Gasteiger partial charge in [0.1, 0.15) is 0 Å². The van der Waals surface area contributed by atoms with Crippen LogP contribution in [0.2, 0.25) is 0 Å². The number of anilines is 2. The van der Waals surface area contributed by atoms with E-state index in [1.54, 1.807) is 17.0 Å². The molecular weight excluding hydrogens is 478 g/mol. The van der Waals surface area contributed by atoms with Crippen molar-refractivity contribution in [1.29, 1.82) is 0 Å². The summed E-state index contributed by atoms with van der Waals surface area (Å²) in [5, 5.41) is 15.1. The van der Waals surface area contributed by atoms with Crippen LogP contribution in [0, 0.1) is 10.1 Å². The highest BCUT2D eigenvalue weighted by Crippen LogP contribution is 2.47. The maximum Gasteiger partial charge on any atom is 0.269 e. The molecule has 2 atom stereocenters. The second-order valence-electron chi connectivity index (χ2n) is 11.1. The average molecular weight is 510 g/mol. The number of carbonyl (C=O) groups excluding carboxylic acids is 2. The van der Waals surface area contributed by atoms with Gasteiger partial charge in [-0.05, 0) is 46.6 Å². The Bertz CT molecular complexity index is 1470. The fourth-order valence-electron chi connectivity index (χ4n) is 5.55. The first kappa shape index (κ1) is 25.4. The molecule has 1 N–H and O–H groups in total. The summed E-state index contributed by atoms with van der Waals surface area (Å²) in [4.78, 5) is 39.8. The minimum absolute atomic E-state index is 0.0235. The molecule has 7 heteroatoms. The molecule has 0 saturated carbocycles. The standard InChI is InChI=1S/C31H31N3O4/c1-19(35)33-27-11-6-5-10-25(27)32-26-17-22(20-12-14-23(15-13-20)31(2,3)4)18-28(36)29(26)30(33)21-8-7-9-24(16-21)34(37)38/h5-16,22,30,32H,17-18H2,1-4H3/t22-,30-/m1/s1. The third-order valence-electron chi connectivity index (χ3n) is 7.47. The van der Waals surface area contributed by atoms with Crippen LogP contribution in [0.1, 0.15) is 69.2 Å². The predicted molar refractivity (Wildman–Crippen MR) is 148 cm³/mol. The van der Waals surface area contributed by atoms with Crippen LogP contribution in [-0.4, -0.2) is 16.6 Å². The maximum absolute atomic E-state index is 13.9. The summed E-state index contributed by atoms with van der Waals surface area (Å²) < 4.78 is 0. The first-order valence-electron chi connectivity index (χ1n) is 12.8. The van der Waals surface area contributed by atoms with E-state index in [0.717, 1.165) is 16.9 Å². The molecule has 38 heavy (non-hydrogen) atoms. The number of nitro benzene ring substituents is 1. The molecule has 0 saturated heterocycles. The number of hydrogen-bond donors (Lipinski definition) is 1. The zero-order valence-electron chi connectivity index (χ0n) is 22.0. The topological polar surface area (TPSA) is 92.6 Å². The van der Waals surface area contributed by atoms with Crippen molar-refractivity contribution in [3.8, 4) is 0 Å². The first-order valence-corrected chi connectivity index (χ1v) is 12.8. The van der Waals surface area contributed by atoms with Gasteiger partial charge >= 0.3 is 0 Å². The molecule has 3 aromatic rings. The zero-order chi connectivity index (χ0) is 27.2. The third kappa shape index (κ3) is 4.60. The Kier molecular flexibility index (Phi) is 6.39. The highest BCUT2D eigenvalue weighted by molar-refractivity contribution is 6.06. The number of para-hydroxylation sites is 2. The number of nitro groups is 1. The van der Waals surface area contributed by atoms with Crippen molar-refractivity contribution in [3.05, 3.63) is 111 Å². The van der Waals surface area contributed by atoms with Gasteiger partial charge in [-0.25, -0.2) is 0 Å². The molecule has 0 fully saturated rings. The van der Waals surface area contributed by atoms with Crippen molar-refractivity contribution >= 4 is 28.8 Å². The Morgan fingerprint density at radius 1 is 0.974 bits per heavy atom. The lowest BCUT2D eigenvalue weighted by Gasteiger charge is -2.34. The molecule has 3 aromatic carbocycles. The number of nitrogens with zero attached hydrogens (tertiary/aromatic N) is 2. The molecule has 5 rings (SSSR count). The molecule has 1 aliphatic heterocycles. The molecule has 2 aliphatic rings. The van der Waals surface area contributed by atoms with Gasteiger partial charge < -0.3 is 5.32 Å². The van der Waals surface area contributed by atoms with E-state index in [2.05, 4.69) is 50.4 Å². The van der Waals surface area contributed by atoms with Crippen LogP contribution < -0.4 is 10.2 Å². The molecule has 0 radical (unpaired) electrons. The molecule has 0 unspecified atom stereocenters. The quantitative estimate of drug-likeness (QED) is 0.309. The number of ketones is 1. The Morgan fingerprint density at radius 2 is 1.68 bits per heavy atom. The van der Waals surface area contributed by atoms with E-state index >= 15 is 0 Å². The number of fused-ring (bicyclic) bond motifs is 1. The van der Waals surface area contributed by atoms with Gasteiger partial charge in [0.2, 0.25) is 5.91 Å². The second-order valence-corrected chi connectivity index (χ2v) is 11.1. The van der Waals surface area contributed by atoms with Crippen LogP contribution in [0.5, 0.6) is 0 Å². The summed E-state index contributed by atoms with van der Waals surface area (Å²) in [6, 6.07) is 21.4. The van der Waals surface area contributed by atoms with Crippen LogP contribution in [-0.2, 0) is 15.0 Å². The van der Waals surface area contributed by atoms with Gasteiger partial charge in [0, 0.05) is 36.7 Å². The van der Waals surface area contributed by atoms with Crippen molar-refractivity contribution in [2.75, 3.05) is 10.2 Å². The van der Waals surface area contributed by atoms with Gasteiger partial charge in [0.15, 0.2) is 5.78 Å². The lowest BCUT2D eigenvalue weighted by Crippen LogP contribution is -2.37. The fourth-order valence-corrected chi connectivity index (χ4v) is 5.55. The van der Waals surface area contributed by atoms with Gasteiger partial charge in [-0.1, -0.05) is 69.3 Å². The molecule has 7 nitrogen and oxygen atoms in total. The van der Waals surface area contributed by atoms with Crippen molar-refractivity contribution in [3.63, 3.8) is 0 Å². The van der Waals surface area contributed by atoms with Crippen molar-refractivity contribution in [1.82, 2.24) is 0 Å². The van der Waals surface area contributed by atoms with Crippen molar-refractivity contribution in [2.24, 2.45) is 0 Å². The van der Waals surface area contributed by atoms with Gasteiger partial charge in [0.05, 0.1) is 22.3 Å². The Hall–Kier alpha value is -4.26. The van der Waals surface area contributed by atoms with E-state index in [0.29, 0.717) is 29.7 Å². The fraction of sp³-hybridized carbons (Fsp3) is 0.290. The highest BCUT2D eigenvalue weighted by atomic mass is 16.6. The smallest absolute Gasteiger partial charge is 0.269 e. The zero-order valence-corrected chi connectivity index (χ0v) is 22.0. The number of benzene rings is 3. The Balaban J connectivity index is 1.65. The van der Waals surface area contributed by atoms with Crippen LogP contribution in [0.3, 0.4) is 0 Å². The number of allylic oxidation sites excluding steroid dienone is 1. The van der Waals surface area contributed by atoms with Crippen LogP contribution in [0.4, 0.5) is 17.1 Å². The van der Waals surface area contributed by atoms with E-state index in [1.807, 2.05) is 24.3 Å². The van der Waals surface area contributed by atoms with E-state index in [9.17, 15) is 19.7 Å². The van der Waals surface area contributed by atoms with Gasteiger partial charge in [-0.2, -0.15) is 0 Å². The molecule has 0 bridgehead atoms. The predicted octanol–water partition coefficient (Wildman–Crippen LogP) is 6.81. The largest absolute Gasteiger partial charge is 0.357 e. The van der Waals surface area contributed by atoms with E-state index in [-0.39, 0.29) is 28.7 Å². The number of carbonyl (C=O) groups is 2. The Labute approximate surface area is 222 Å². The monoisotopic (exact) mass is 509 g/mol. The van der Waals surface area contributed by atoms with E-state index < -0.39 is 11.0 Å². The number of non-ortho nitro benzene ring substituents is 1. The molecule has 1 aliphatic carbocycles. The average Bonchev–Trinajstić information content (AvgIpc) is 3.03. The normalized spacial score (nSPS) is 19.3. The van der Waals surface area contributed by atoms with E-state index in [1.165, 1.54) is 24.6 Å². The van der Waals surface area contributed by atoms with Crippen LogP contribution in [0.25, 0.3) is 0 Å². The van der Waals surface area contributed by atoms with Crippen LogP contribution in [0.15, 0.2) is 84.1 Å². The van der Waals surface area contributed by atoms with Gasteiger partial charge in [-0.3, -0.25) is 24.6 Å². The maximum atomic E-state index is 13.9. The minimum atomic E-state index is -0.782. The molecular formula is C31H31N3O4. The summed E-state index contributed by atoms with van der Waals surface area (Å²) in [5.74, 6) is -0.346. The highest BCUT2D eigenvalue weighted by Gasteiger charge is 2.41. The number of amides is 1. The van der Waals surface area contributed by atoms with Gasteiger partial charge in [-0.15, -0.1) is 0 Å². The molecule has 194 valence electrons. The number of rotatable bonds is 3. The summed E-state index contributed by atoms with van der Waals surface area (Å²) in [7, 11) is 0. The number of hydrogen-bond acceptors (Lipinski definition) is 5. The number of Topliss-reactive ketones (excluding diaryl/α,β-unsaturated/α-hetero) is 1. The molecule has 0 aromatic heterocycles. The van der Waals surface area contributed by atoms with Crippen molar-refractivity contribution in [2.45, 2.75) is 57.9 Å². The summed E-state index contributed by atoms with van der Waals surface area (Å²) in [6.07, 6.45) is 0.879. The first-order chi connectivity index (χ1) is 18.0. The van der Waals surface area contributed by atoms with Crippen LogP contribution >= 0.6 is 0 Å². The lowest BCUT2D eigenvalue weighted by molar-refractivity contribution is -0.384. The SMILES string of the molecule is CC(=O)N1c2ccccc2NC2=C(C(=O)C[C@H](c3ccc(C(C)(C)C)cc3)C2)[C@H]1c1cccc([N+](=O)[O-])c1. The number of nitrogens with one attached hydrogen (secondary N) is 1. The summed E-state index contributed by atoms with van der Waals surface area (Å²) in [5.41, 5.74) is 5.38. The third-order valence-corrected chi connectivity index (χ3v) is 7.47. The molecule has 1 amide bonds. The Morgan fingerprint density at radius 3 is 2.34 bits per heavy atom. The van der Waals surface area contributed by atoms with Gasteiger partial charge in [0.25, 0.3) is 5.69 Å². The molecule has 0 spiro atoms.